The fourth-order valence-corrected chi connectivity index (χ4v) is 4.54. The Morgan fingerprint density at radius 1 is 1.03 bits per heavy atom. The molecular weight excluding hydrogens is 432 g/mol. The van der Waals surface area contributed by atoms with E-state index in [2.05, 4.69) is 20.2 Å². The van der Waals surface area contributed by atoms with Crippen LogP contribution in [0.5, 0.6) is 0 Å². The molecule has 34 heavy (non-hydrogen) atoms. The topological polar surface area (TPSA) is 114 Å². The number of piperidine rings is 2. The zero-order chi connectivity index (χ0) is 23.5. The highest BCUT2D eigenvalue weighted by atomic mass is 16.6. The number of hydrogen-bond acceptors (Lipinski definition) is 7. The average Bonchev–Trinajstić information content (AvgIpc) is 2.89. The number of rotatable bonds is 5. The molecule has 9 heteroatoms. The lowest BCUT2D eigenvalue weighted by Crippen LogP contribution is -2.64. The van der Waals surface area contributed by atoms with Crippen molar-refractivity contribution in [3.05, 3.63) is 78.2 Å². The van der Waals surface area contributed by atoms with Crippen LogP contribution in [0.3, 0.4) is 0 Å². The second-order valence-electron chi connectivity index (χ2n) is 8.55. The number of hydrogen-bond donors (Lipinski definition) is 2. The van der Waals surface area contributed by atoms with Gasteiger partial charge in [0.05, 0.1) is 23.0 Å². The van der Waals surface area contributed by atoms with Crippen LogP contribution in [-0.4, -0.2) is 52.0 Å². The van der Waals surface area contributed by atoms with Gasteiger partial charge in [0.2, 0.25) is 0 Å². The molecule has 3 saturated heterocycles. The van der Waals surface area contributed by atoms with E-state index in [-0.39, 0.29) is 30.7 Å². The van der Waals surface area contributed by atoms with Crippen LogP contribution in [0.2, 0.25) is 0 Å². The van der Waals surface area contributed by atoms with Gasteiger partial charge in [-0.2, -0.15) is 0 Å². The van der Waals surface area contributed by atoms with Crippen LogP contribution in [0, 0.1) is 0 Å². The molecule has 3 fully saturated rings. The maximum atomic E-state index is 12.7. The van der Waals surface area contributed by atoms with Gasteiger partial charge in [-0.25, -0.2) is 9.78 Å². The number of nitrogens with one attached hydrogen (secondary N) is 1. The molecule has 3 aromatic rings. The molecule has 3 N–H and O–H groups in total. The van der Waals surface area contributed by atoms with Gasteiger partial charge in [-0.05, 0) is 43.2 Å². The number of ether oxygens (including phenoxy) is 1. The van der Waals surface area contributed by atoms with Crippen LogP contribution in [0.4, 0.5) is 22.0 Å². The molecule has 0 radical (unpaired) electrons. The van der Waals surface area contributed by atoms with Gasteiger partial charge >= 0.3 is 6.09 Å². The van der Waals surface area contributed by atoms with Crippen LogP contribution >= 0.6 is 0 Å². The Morgan fingerprint density at radius 2 is 1.88 bits per heavy atom. The number of carbonyl (C=O) groups excluding carboxylic acids is 2. The Labute approximate surface area is 197 Å². The maximum absolute atomic E-state index is 12.7. The molecule has 1 aromatic carbocycles. The van der Waals surface area contributed by atoms with Crippen molar-refractivity contribution >= 4 is 29.2 Å². The van der Waals surface area contributed by atoms with Crippen molar-refractivity contribution in [1.29, 1.82) is 0 Å². The number of nitrogens with zero attached hydrogens (tertiary/aromatic N) is 4. The molecule has 0 saturated carbocycles. The SMILES string of the molecule is Nc1ccccc1NC(=O)c1ccc(N2CC3CCC2CN3C(=O)OCc2cccnc2)nc1. The molecule has 3 aliphatic rings. The van der Waals surface area contributed by atoms with Crippen molar-refractivity contribution in [3.8, 4) is 0 Å². The third-order valence-corrected chi connectivity index (χ3v) is 6.36. The van der Waals surface area contributed by atoms with Crippen LogP contribution in [0.1, 0.15) is 28.8 Å². The van der Waals surface area contributed by atoms with Crippen LogP contribution in [-0.2, 0) is 11.3 Å². The molecular formula is C25H26N6O3. The van der Waals surface area contributed by atoms with E-state index in [9.17, 15) is 9.59 Å². The van der Waals surface area contributed by atoms with Gasteiger partial charge in [0.25, 0.3) is 5.91 Å². The Balaban J connectivity index is 1.20. The number of piperazine rings is 1. The quantitative estimate of drug-likeness (QED) is 0.564. The molecule has 6 rings (SSSR count). The lowest BCUT2D eigenvalue weighted by Gasteiger charge is -2.51. The molecule has 2 aromatic heterocycles. The van der Waals surface area contributed by atoms with Gasteiger partial charge < -0.3 is 25.6 Å². The van der Waals surface area contributed by atoms with E-state index in [0.29, 0.717) is 30.0 Å². The monoisotopic (exact) mass is 458 g/mol. The highest BCUT2D eigenvalue weighted by Gasteiger charge is 2.42. The summed E-state index contributed by atoms with van der Waals surface area (Å²) in [4.78, 5) is 37.9. The zero-order valence-corrected chi connectivity index (χ0v) is 18.6. The number of pyridine rings is 2. The predicted octanol–water partition coefficient (Wildman–Crippen LogP) is 3.30. The van der Waals surface area contributed by atoms with E-state index in [4.69, 9.17) is 10.5 Å². The number of amides is 2. The average molecular weight is 459 g/mol. The smallest absolute Gasteiger partial charge is 0.410 e. The van der Waals surface area contributed by atoms with E-state index < -0.39 is 0 Å². The summed E-state index contributed by atoms with van der Waals surface area (Å²) in [5.41, 5.74) is 8.30. The minimum atomic E-state index is -0.293. The fourth-order valence-electron chi connectivity index (χ4n) is 4.54. The van der Waals surface area contributed by atoms with Gasteiger partial charge in [0.15, 0.2) is 0 Å². The zero-order valence-electron chi connectivity index (χ0n) is 18.6. The standard InChI is InChI=1S/C25H26N6O3/c26-21-5-1-2-6-22(21)29-24(32)18-7-10-23(28-13-18)30-14-20-9-8-19(30)15-31(20)25(33)34-16-17-4-3-11-27-12-17/h1-7,10-13,19-20H,8-9,14-16,26H2,(H,29,32). The van der Waals surface area contributed by atoms with Crippen molar-refractivity contribution in [1.82, 2.24) is 14.9 Å². The summed E-state index contributed by atoms with van der Waals surface area (Å²) in [5, 5.41) is 2.81. The minimum Gasteiger partial charge on any atom is -0.444 e. The minimum absolute atomic E-state index is 0.0669. The molecule has 2 amide bonds. The molecule has 5 heterocycles. The van der Waals surface area contributed by atoms with Gasteiger partial charge in [0.1, 0.15) is 12.4 Å². The Morgan fingerprint density at radius 3 is 2.59 bits per heavy atom. The number of para-hydroxylation sites is 2. The summed E-state index contributed by atoms with van der Waals surface area (Å²) in [6.07, 6.45) is 6.58. The van der Waals surface area contributed by atoms with Crippen LogP contribution in [0.25, 0.3) is 0 Å². The summed E-state index contributed by atoms with van der Waals surface area (Å²) in [6, 6.07) is 14.7. The Bertz CT molecular complexity index is 1170. The van der Waals surface area contributed by atoms with Crippen molar-refractivity contribution in [2.45, 2.75) is 31.5 Å². The molecule has 0 spiro atoms. The summed E-state index contributed by atoms with van der Waals surface area (Å²) < 4.78 is 5.52. The third-order valence-electron chi connectivity index (χ3n) is 6.36. The summed E-state index contributed by atoms with van der Waals surface area (Å²) >= 11 is 0. The number of nitrogen functional groups attached to an aromatic ring is 1. The predicted molar refractivity (Wildman–Crippen MR) is 128 cm³/mol. The summed E-state index contributed by atoms with van der Waals surface area (Å²) in [7, 11) is 0. The largest absolute Gasteiger partial charge is 0.444 e. The van der Waals surface area contributed by atoms with Crippen molar-refractivity contribution in [2.24, 2.45) is 0 Å². The van der Waals surface area contributed by atoms with E-state index >= 15 is 0 Å². The molecule has 174 valence electrons. The first kappa shape index (κ1) is 21.7. The number of nitrogens with two attached hydrogens (primary N) is 1. The normalized spacial score (nSPS) is 19.1. The lowest BCUT2D eigenvalue weighted by atomic mass is 9.91. The van der Waals surface area contributed by atoms with E-state index in [0.717, 1.165) is 24.2 Å². The van der Waals surface area contributed by atoms with E-state index in [1.54, 1.807) is 36.8 Å². The molecule has 2 bridgehead atoms. The Kier molecular flexibility index (Phi) is 5.99. The fraction of sp³-hybridized carbons (Fsp3) is 0.280. The second kappa shape index (κ2) is 9.38. The highest BCUT2D eigenvalue weighted by molar-refractivity contribution is 6.05. The second-order valence-corrected chi connectivity index (χ2v) is 8.55. The first-order chi connectivity index (χ1) is 16.6. The summed E-state index contributed by atoms with van der Waals surface area (Å²) in [6.45, 7) is 1.49. The van der Waals surface area contributed by atoms with Crippen LogP contribution in [0.15, 0.2) is 67.1 Å². The highest BCUT2D eigenvalue weighted by Crippen LogP contribution is 2.32. The van der Waals surface area contributed by atoms with E-state index in [1.807, 2.05) is 35.2 Å². The number of anilines is 3. The molecule has 2 atom stereocenters. The van der Waals surface area contributed by atoms with Crippen molar-refractivity contribution in [2.75, 3.05) is 29.0 Å². The van der Waals surface area contributed by atoms with Crippen molar-refractivity contribution in [3.63, 3.8) is 0 Å². The van der Waals surface area contributed by atoms with E-state index in [1.165, 1.54) is 0 Å². The van der Waals surface area contributed by atoms with Gasteiger partial charge in [0, 0.05) is 43.3 Å². The number of carbonyl (C=O) groups is 2. The number of aromatic nitrogens is 2. The van der Waals surface area contributed by atoms with Crippen LogP contribution < -0.4 is 16.0 Å². The molecule has 9 nitrogen and oxygen atoms in total. The van der Waals surface area contributed by atoms with Crippen molar-refractivity contribution < 1.29 is 14.3 Å². The molecule has 0 aliphatic carbocycles. The van der Waals surface area contributed by atoms with Gasteiger partial charge in [-0.3, -0.25) is 9.78 Å². The lowest BCUT2D eigenvalue weighted by molar-refractivity contribution is 0.0500. The number of fused-ring (bicyclic) bond motifs is 3. The summed E-state index contributed by atoms with van der Waals surface area (Å²) in [5.74, 6) is 0.536. The number of benzene rings is 1. The first-order valence-electron chi connectivity index (χ1n) is 11.3. The maximum Gasteiger partial charge on any atom is 0.410 e. The third kappa shape index (κ3) is 4.50. The van der Waals surface area contributed by atoms with Gasteiger partial charge in [-0.1, -0.05) is 18.2 Å². The van der Waals surface area contributed by atoms with Gasteiger partial charge in [-0.15, -0.1) is 0 Å². The molecule has 3 aliphatic heterocycles. The first-order valence-corrected chi connectivity index (χ1v) is 11.3. The molecule has 2 unspecified atom stereocenters. The Hall–Kier alpha value is -4.14.